The molecule has 2 heterocycles. The highest BCUT2D eigenvalue weighted by molar-refractivity contribution is 6.25. The number of ketones is 7. The normalized spacial score (nSPS) is 28.9. The molecule has 4 bridgehead atoms. The number of primary amides is 1. The highest BCUT2D eigenvalue weighted by Crippen LogP contribution is 2.34. The molecule has 3 amide bonds. The van der Waals surface area contributed by atoms with Gasteiger partial charge < -0.3 is 75.3 Å². The van der Waals surface area contributed by atoms with E-state index in [9.17, 15) is 68.1 Å². The van der Waals surface area contributed by atoms with E-state index in [4.69, 9.17) is 44.6 Å². The third-order valence-corrected chi connectivity index (χ3v) is 21.0. The summed E-state index contributed by atoms with van der Waals surface area (Å²) in [4.78, 5) is 138. The van der Waals surface area contributed by atoms with Gasteiger partial charge in [-0.1, -0.05) is 121 Å². The van der Waals surface area contributed by atoms with Crippen LogP contribution in [-0.4, -0.2) is 190 Å². The molecule has 26 nitrogen and oxygen atoms in total. The first kappa shape index (κ1) is 98.1. The van der Waals surface area contributed by atoms with Gasteiger partial charge in [0, 0.05) is 135 Å². The van der Waals surface area contributed by atoms with Gasteiger partial charge in [-0.05, 0) is 136 Å². The number of methoxy groups -OCH3 is 7. The Morgan fingerprint density at radius 1 is 0.628 bits per heavy atom. The molecule has 26 heteroatoms. The third kappa shape index (κ3) is 28.8. The zero-order chi connectivity index (χ0) is 85.7. The van der Waals surface area contributed by atoms with Crippen molar-refractivity contribution in [2.24, 2.45) is 52.9 Å². The fraction of sp³-hybridized carbons (Fsp3) is 0.529. The van der Waals surface area contributed by atoms with Crippen LogP contribution in [-0.2, 0) is 85.8 Å². The number of allylic oxidation sites excluding steroid dienone is 15. The number of Topliss-reactive ketones (excluding diaryl/α,β-unsaturated/α-hetero) is 4. The quantitative estimate of drug-likeness (QED) is 0.0208. The second kappa shape index (κ2) is 46.9. The number of amides is 3. The number of carbonyl (C=O) groups is 11. The van der Waals surface area contributed by atoms with Crippen LogP contribution >= 0.6 is 0 Å². The fourth-order valence-electron chi connectivity index (χ4n) is 13.6. The number of aliphatic hydroxyl groups excluding tert-OH is 3. The van der Waals surface area contributed by atoms with E-state index in [1.807, 2.05) is 46.8 Å². The van der Waals surface area contributed by atoms with Crippen molar-refractivity contribution in [2.45, 2.75) is 210 Å². The van der Waals surface area contributed by atoms with Crippen LogP contribution in [0.15, 0.2) is 175 Å². The molecule has 0 saturated heterocycles. The van der Waals surface area contributed by atoms with Crippen molar-refractivity contribution in [3.8, 4) is 0 Å². The van der Waals surface area contributed by atoms with Gasteiger partial charge in [0.15, 0.2) is 29.2 Å². The second-order valence-electron chi connectivity index (χ2n) is 30.0. The number of nitrogens with two attached hydrogens (primary N) is 2. The standard InChI is InChI=1S/C30H44N2O9.C29H41NO6.C28H37NO7/c1-16(12-21-20(5)23(33)15-22(31)27(21)35)13-25(39-7)26(34)18(3)14-19(4)28(41-30(32)37)24(38-6)11-9-10-17(2)29(36)40-8;1-16-12-22-21(6)24(31)15-23(28(22)33)30-29(34)17(2)10-9-11-25(35-7)20(5)18(3)14-19(4)27(32)26(13-16)36-8;1-15-11-20-19(5)22(30)14-21(27(20)33)29-28(34)16(2)9-8-10-23(35-6)25(31)17(3)13-18(4)26(32)24(12-15)36-7/h9-11,14-16,18,24-26,28,34H,12-13,31H2,1-8H3,(H2,32,37);9-11,14-16,19-20,25-27,32H,12-13H2,1-8H3,(H,30,34);8-10,13-15,18,23-24,26,32H,11-12H2,1-7H3,(H,29,34)/b11-9-,17-10+,19-14+;11-9-,17-10+,18-14+;10-8-,16-9+,17-13+/t16-,18+,24+,25+,26-,28+;16-,19+,20+,25+,26+,27-;15-,18+,23+,24+,26-/m111/s1. The first-order chi connectivity index (χ1) is 53.0. The van der Waals surface area contributed by atoms with Crippen molar-refractivity contribution in [2.75, 3.05) is 49.8 Å². The van der Waals surface area contributed by atoms with E-state index in [0.29, 0.717) is 87.8 Å². The predicted molar refractivity (Wildman–Crippen MR) is 429 cm³/mol. The SMILES string of the molecule is COC(=O)/C(C)=C/C=C\[C@H](OC)[C@@H](OC(N)=O)/C(C)=C/[C@H](C)[C@@H](O)[C@H](C[C@H](C)CC1=C(C)C(=O)C=C(N)C1=O)OC.CO[C@H]1/C=C\C=C(/C)C(=O)NC2=CC(=O)C(C)=C(C[C@@H](C)C[C@H](OC)[C@H](O)[C@@H](C)/C=C(\C)C1=O)C2=O.CO[C@H]1/C=C\C=C(/C)C(=O)NC2=CC(=O)C(C)=C(C[C@@H](C)C[C@H](OC)[C@H](O)[C@@H](C)/C=C(\C)[C@@H]1C)C2=O. The van der Waals surface area contributed by atoms with Crippen molar-refractivity contribution in [1.82, 2.24) is 10.6 Å². The number of nitrogens with one attached hydrogen (secondary N) is 2. The minimum atomic E-state index is -1.01. The van der Waals surface area contributed by atoms with Gasteiger partial charge in [-0.3, -0.25) is 43.2 Å². The molecular weight excluding hydrogens is 1450 g/mol. The van der Waals surface area contributed by atoms with E-state index in [1.54, 1.807) is 120 Å². The predicted octanol–water partition coefficient (Wildman–Crippen LogP) is 9.75. The van der Waals surface area contributed by atoms with Crippen LogP contribution < -0.4 is 22.1 Å². The topological polar surface area (TPSA) is 398 Å². The maximum Gasteiger partial charge on any atom is 0.405 e. The summed E-state index contributed by atoms with van der Waals surface area (Å²) >= 11 is 0. The first-order valence-electron chi connectivity index (χ1n) is 37.8. The summed E-state index contributed by atoms with van der Waals surface area (Å²) in [5, 5.41) is 38.4. The minimum Gasteiger partial charge on any atom is -0.466 e. The van der Waals surface area contributed by atoms with Crippen molar-refractivity contribution in [3.63, 3.8) is 0 Å². The number of hydrogen-bond acceptors (Lipinski definition) is 23. The Labute approximate surface area is 666 Å². The summed E-state index contributed by atoms with van der Waals surface area (Å²) in [5.41, 5.74) is 16.2. The van der Waals surface area contributed by atoms with E-state index in [0.717, 1.165) is 17.7 Å². The zero-order valence-electron chi connectivity index (χ0n) is 70.0. The first-order valence-corrected chi connectivity index (χ1v) is 37.8. The summed E-state index contributed by atoms with van der Waals surface area (Å²) in [6.07, 6.45) is 17.7. The van der Waals surface area contributed by atoms with Crippen molar-refractivity contribution < 1.29 is 106 Å². The van der Waals surface area contributed by atoms with E-state index >= 15 is 0 Å². The van der Waals surface area contributed by atoms with Gasteiger partial charge in [-0.25, -0.2) is 9.59 Å². The molecule has 17 atom stereocenters. The van der Waals surface area contributed by atoms with Crippen LogP contribution in [0.3, 0.4) is 0 Å². The average molecular weight is 1580 g/mol. The third-order valence-electron chi connectivity index (χ3n) is 21.0. The van der Waals surface area contributed by atoms with Gasteiger partial charge in [-0.15, -0.1) is 0 Å². The molecule has 0 radical (unpaired) electrons. The monoisotopic (exact) mass is 1570 g/mol. The summed E-state index contributed by atoms with van der Waals surface area (Å²) < 4.78 is 43.3. The molecule has 0 fully saturated rings. The molecule has 0 unspecified atom stereocenters. The van der Waals surface area contributed by atoms with Crippen LogP contribution in [0.2, 0.25) is 0 Å². The van der Waals surface area contributed by atoms with Crippen LogP contribution in [0, 0.1) is 41.4 Å². The lowest BCUT2D eigenvalue weighted by Crippen LogP contribution is -2.37. The molecule has 9 N–H and O–H groups in total. The molecule has 622 valence electrons. The summed E-state index contributed by atoms with van der Waals surface area (Å²) in [6, 6.07) is 0. The summed E-state index contributed by atoms with van der Waals surface area (Å²) in [5.74, 6) is -5.05. The molecule has 0 aromatic carbocycles. The van der Waals surface area contributed by atoms with Gasteiger partial charge in [-0.2, -0.15) is 0 Å². The Hall–Kier alpha value is -9.09. The molecular formula is C87H122N4O22. The number of ether oxygens (including phenoxy) is 8. The zero-order valence-corrected chi connectivity index (χ0v) is 70.0. The minimum absolute atomic E-state index is 0.0207. The van der Waals surface area contributed by atoms with Gasteiger partial charge >= 0.3 is 12.1 Å². The molecule has 0 spiro atoms. The van der Waals surface area contributed by atoms with E-state index in [2.05, 4.69) is 22.3 Å². The van der Waals surface area contributed by atoms with Gasteiger partial charge in [0.05, 0.1) is 66.9 Å². The number of hydrogen-bond donors (Lipinski definition) is 7. The maximum atomic E-state index is 13.2. The lowest BCUT2D eigenvalue weighted by molar-refractivity contribution is -0.136. The molecule has 113 heavy (non-hydrogen) atoms. The molecule has 3 aliphatic carbocycles. The van der Waals surface area contributed by atoms with E-state index in [-0.39, 0.29) is 99.5 Å². The molecule has 5 aliphatic rings. The average Bonchev–Trinajstić information content (AvgIpc) is 1.04. The van der Waals surface area contributed by atoms with Crippen molar-refractivity contribution >= 4 is 64.4 Å². The van der Waals surface area contributed by atoms with Crippen LogP contribution in [0.5, 0.6) is 0 Å². The lowest BCUT2D eigenvalue weighted by atomic mass is 9.83. The van der Waals surface area contributed by atoms with E-state index < -0.39 is 96.4 Å². The smallest absolute Gasteiger partial charge is 0.405 e. The van der Waals surface area contributed by atoms with Gasteiger partial charge in [0.2, 0.25) is 17.3 Å². The van der Waals surface area contributed by atoms with Gasteiger partial charge in [0.1, 0.15) is 12.2 Å². The van der Waals surface area contributed by atoms with Crippen LogP contribution in [0.1, 0.15) is 149 Å². The highest BCUT2D eigenvalue weighted by atomic mass is 16.6. The summed E-state index contributed by atoms with van der Waals surface area (Å²) in [6.45, 7) is 28.4. The van der Waals surface area contributed by atoms with Crippen LogP contribution in [0.4, 0.5) is 4.79 Å². The van der Waals surface area contributed by atoms with Crippen molar-refractivity contribution in [1.29, 1.82) is 0 Å². The molecule has 0 aromatic rings. The Kier molecular flexibility index (Phi) is 40.7. The largest absolute Gasteiger partial charge is 0.466 e. The molecule has 5 rings (SSSR count). The number of fused-ring (bicyclic) bond motifs is 4. The summed E-state index contributed by atoms with van der Waals surface area (Å²) in [7, 11) is 10.3. The van der Waals surface area contributed by atoms with Gasteiger partial charge in [0.25, 0.3) is 11.8 Å². The number of esters is 1. The Morgan fingerprint density at radius 3 is 1.57 bits per heavy atom. The Bertz CT molecular complexity index is 4010. The Balaban J connectivity index is 0.000000440. The highest BCUT2D eigenvalue weighted by Gasteiger charge is 2.36. The number of aliphatic hydroxyl groups is 3. The van der Waals surface area contributed by atoms with Crippen molar-refractivity contribution in [3.05, 3.63) is 175 Å². The lowest BCUT2D eigenvalue weighted by Gasteiger charge is -2.29. The maximum absolute atomic E-state index is 13.2. The number of rotatable bonds is 19. The van der Waals surface area contributed by atoms with E-state index in [1.165, 1.54) is 65.9 Å². The molecule has 2 aliphatic heterocycles. The van der Waals surface area contributed by atoms with Crippen LogP contribution in [0.25, 0.3) is 0 Å². The fourth-order valence-corrected chi connectivity index (χ4v) is 13.6. The number of carbonyl (C=O) groups excluding carboxylic acids is 11. The second-order valence-corrected chi connectivity index (χ2v) is 30.0. The molecule has 0 saturated carbocycles. The Morgan fingerprint density at radius 2 is 1.12 bits per heavy atom. The molecule has 0 aromatic heterocycles.